The molecule has 0 radical (unpaired) electrons. The Labute approximate surface area is 93.5 Å². The summed E-state index contributed by atoms with van der Waals surface area (Å²) in [6.45, 7) is 1.78. The lowest BCUT2D eigenvalue weighted by Gasteiger charge is -2.23. The van der Waals surface area contributed by atoms with Gasteiger partial charge in [-0.2, -0.15) is 26.3 Å². The molecule has 0 bridgehead atoms. The number of amides is 2. The van der Waals surface area contributed by atoms with Gasteiger partial charge >= 0.3 is 18.4 Å². The predicted molar refractivity (Wildman–Crippen MR) is 47.3 cm³/mol. The highest BCUT2D eigenvalue weighted by Crippen LogP contribution is 2.32. The second kappa shape index (κ2) is 5.97. The van der Waals surface area contributed by atoms with Crippen molar-refractivity contribution in [3.8, 4) is 0 Å². The van der Waals surface area contributed by atoms with Gasteiger partial charge in [-0.25, -0.2) is 4.79 Å². The van der Waals surface area contributed by atoms with Crippen LogP contribution < -0.4 is 10.6 Å². The van der Waals surface area contributed by atoms with Gasteiger partial charge in [-0.1, -0.05) is 13.3 Å². The van der Waals surface area contributed by atoms with E-state index >= 15 is 0 Å². The smallest absolute Gasteiger partial charge is 0.338 e. The standard InChI is InChI=1S/C8H12F6N2O/c1-2-3-4-15-6(17)16-5(7(9,10)11)8(12,13)14/h5H,2-4H2,1H3,(H2,15,16,17). The molecule has 9 heteroatoms. The Morgan fingerprint density at radius 2 is 1.59 bits per heavy atom. The lowest BCUT2D eigenvalue weighted by molar-refractivity contribution is -0.255. The Hall–Kier alpha value is -1.15. The molecular weight excluding hydrogens is 254 g/mol. The zero-order valence-corrected chi connectivity index (χ0v) is 8.87. The number of rotatable bonds is 4. The van der Waals surface area contributed by atoms with Crippen molar-refractivity contribution in [3.05, 3.63) is 0 Å². The summed E-state index contributed by atoms with van der Waals surface area (Å²) >= 11 is 0. The zero-order chi connectivity index (χ0) is 13.7. The molecule has 102 valence electrons. The molecule has 0 saturated heterocycles. The summed E-state index contributed by atoms with van der Waals surface area (Å²) in [6.07, 6.45) is -10.0. The van der Waals surface area contributed by atoms with Gasteiger partial charge in [0.1, 0.15) is 0 Å². The van der Waals surface area contributed by atoms with Gasteiger partial charge in [0.25, 0.3) is 0 Å². The third-order valence-electron chi connectivity index (χ3n) is 1.75. The maximum absolute atomic E-state index is 12.0. The lowest BCUT2D eigenvalue weighted by atomic mass is 10.3. The predicted octanol–water partition coefficient (Wildman–Crippen LogP) is 2.58. The largest absolute Gasteiger partial charge is 0.417 e. The summed E-state index contributed by atoms with van der Waals surface area (Å²) in [4.78, 5) is 10.8. The van der Waals surface area contributed by atoms with Crippen LogP contribution in [0.15, 0.2) is 0 Å². The highest BCUT2D eigenvalue weighted by atomic mass is 19.4. The van der Waals surface area contributed by atoms with E-state index in [0.29, 0.717) is 12.8 Å². The number of unbranched alkanes of at least 4 members (excludes halogenated alkanes) is 1. The Bertz CT molecular complexity index is 235. The van der Waals surface area contributed by atoms with Gasteiger partial charge in [0.15, 0.2) is 0 Å². The molecular formula is C8H12F6N2O. The maximum Gasteiger partial charge on any atom is 0.417 e. The van der Waals surface area contributed by atoms with Crippen LogP contribution in [-0.4, -0.2) is 31.0 Å². The Balaban J connectivity index is 4.41. The molecule has 0 fully saturated rings. The fourth-order valence-electron chi connectivity index (χ4n) is 0.910. The van der Waals surface area contributed by atoms with Gasteiger partial charge in [-0.3, -0.25) is 0 Å². The first-order valence-corrected chi connectivity index (χ1v) is 4.76. The van der Waals surface area contributed by atoms with Crippen LogP contribution in [0.3, 0.4) is 0 Å². The minimum Gasteiger partial charge on any atom is -0.338 e. The van der Waals surface area contributed by atoms with Gasteiger partial charge in [0.2, 0.25) is 6.04 Å². The number of halogens is 6. The van der Waals surface area contributed by atoms with Crippen molar-refractivity contribution in [2.45, 2.75) is 38.2 Å². The first-order chi connectivity index (χ1) is 7.59. The van der Waals surface area contributed by atoms with E-state index in [1.54, 1.807) is 6.92 Å². The maximum atomic E-state index is 12.0. The van der Waals surface area contributed by atoms with E-state index < -0.39 is 24.4 Å². The summed E-state index contributed by atoms with van der Waals surface area (Å²) in [7, 11) is 0. The number of hydrogen-bond acceptors (Lipinski definition) is 1. The molecule has 0 rings (SSSR count). The van der Waals surface area contributed by atoms with Crippen molar-refractivity contribution in [3.63, 3.8) is 0 Å². The van der Waals surface area contributed by atoms with Crippen LogP contribution in [-0.2, 0) is 0 Å². The molecule has 2 amide bonds. The monoisotopic (exact) mass is 266 g/mol. The van der Waals surface area contributed by atoms with E-state index in [-0.39, 0.29) is 6.54 Å². The zero-order valence-electron chi connectivity index (χ0n) is 8.87. The second-order valence-electron chi connectivity index (χ2n) is 3.27. The molecule has 0 unspecified atom stereocenters. The quantitative estimate of drug-likeness (QED) is 0.596. The van der Waals surface area contributed by atoms with Crippen molar-refractivity contribution in [2.75, 3.05) is 6.54 Å². The van der Waals surface area contributed by atoms with Crippen molar-refractivity contribution in [2.24, 2.45) is 0 Å². The van der Waals surface area contributed by atoms with E-state index in [4.69, 9.17) is 0 Å². The van der Waals surface area contributed by atoms with Crippen LogP contribution in [0.4, 0.5) is 31.1 Å². The molecule has 0 aliphatic rings. The van der Waals surface area contributed by atoms with Crippen LogP contribution in [0.2, 0.25) is 0 Å². The van der Waals surface area contributed by atoms with Gasteiger partial charge in [0.05, 0.1) is 0 Å². The number of carbonyl (C=O) groups is 1. The molecule has 0 aliphatic heterocycles. The molecule has 0 spiro atoms. The number of nitrogens with one attached hydrogen (secondary N) is 2. The average Bonchev–Trinajstić information content (AvgIpc) is 2.11. The summed E-state index contributed by atoms with van der Waals surface area (Å²) in [6, 6.07) is -5.34. The summed E-state index contributed by atoms with van der Waals surface area (Å²) in [5.74, 6) is 0. The van der Waals surface area contributed by atoms with E-state index in [1.807, 2.05) is 5.32 Å². The Kier molecular flexibility index (Phi) is 5.56. The van der Waals surface area contributed by atoms with Crippen LogP contribution >= 0.6 is 0 Å². The summed E-state index contributed by atoms with van der Waals surface area (Å²) in [5.41, 5.74) is 0. The Morgan fingerprint density at radius 3 is 1.94 bits per heavy atom. The SMILES string of the molecule is CCCCNC(=O)NC(C(F)(F)F)C(F)(F)F. The molecule has 3 nitrogen and oxygen atoms in total. The van der Waals surface area contributed by atoms with Gasteiger partial charge < -0.3 is 10.6 Å². The van der Waals surface area contributed by atoms with Crippen molar-refractivity contribution in [1.82, 2.24) is 10.6 Å². The number of urea groups is 1. The normalized spacial score (nSPS) is 12.7. The second-order valence-corrected chi connectivity index (χ2v) is 3.27. The van der Waals surface area contributed by atoms with Crippen molar-refractivity contribution in [1.29, 1.82) is 0 Å². The van der Waals surface area contributed by atoms with Crippen LogP contribution in [0.1, 0.15) is 19.8 Å². The minimum atomic E-state index is -5.57. The topological polar surface area (TPSA) is 41.1 Å². The molecule has 0 aromatic rings. The molecule has 0 saturated carbocycles. The fourth-order valence-corrected chi connectivity index (χ4v) is 0.910. The minimum absolute atomic E-state index is 0.0186. The van der Waals surface area contributed by atoms with Crippen molar-refractivity contribution < 1.29 is 31.1 Å². The van der Waals surface area contributed by atoms with Gasteiger partial charge in [-0.15, -0.1) is 0 Å². The molecule has 2 N–H and O–H groups in total. The van der Waals surface area contributed by atoms with E-state index in [2.05, 4.69) is 0 Å². The number of carbonyl (C=O) groups excluding carboxylic acids is 1. The van der Waals surface area contributed by atoms with Crippen LogP contribution in [0.5, 0.6) is 0 Å². The first kappa shape index (κ1) is 15.9. The molecule has 0 heterocycles. The number of alkyl halides is 6. The molecule has 17 heavy (non-hydrogen) atoms. The molecule has 0 atom stereocenters. The van der Waals surface area contributed by atoms with Crippen LogP contribution in [0, 0.1) is 0 Å². The highest BCUT2D eigenvalue weighted by molar-refractivity contribution is 5.74. The van der Waals surface area contributed by atoms with E-state index in [1.165, 1.54) is 0 Å². The van der Waals surface area contributed by atoms with Crippen LogP contribution in [0.25, 0.3) is 0 Å². The fraction of sp³-hybridized carbons (Fsp3) is 0.875. The van der Waals surface area contributed by atoms with Crippen molar-refractivity contribution >= 4 is 6.03 Å². The van der Waals surface area contributed by atoms with E-state index in [9.17, 15) is 31.1 Å². The van der Waals surface area contributed by atoms with Gasteiger partial charge in [0, 0.05) is 6.54 Å². The highest BCUT2D eigenvalue weighted by Gasteiger charge is 2.57. The third-order valence-corrected chi connectivity index (χ3v) is 1.75. The summed E-state index contributed by atoms with van der Waals surface area (Å²) < 4.78 is 72.0. The Morgan fingerprint density at radius 1 is 1.12 bits per heavy atom. The van der Waals surface area contributed by atoms with Gasteiger partial charge in [-0.05, 0) is 6.42 Å². The number of hydrogen-bond donors (Lipinski definition) is 2. The molecule has 0 aromatic carbocycles. The third kappa shape index (κ3) is 6.22. The molecule has 0 aromatic heterocycles. The lowest BCUT2D eigenvalue weighted by Crippen LogP contribution is -2.56. The van der Waals surface area contributed by atoms with E-state index in [0.717, 1.165) is 5.32 Å². The first-order valence-electron chi connectivity index (χ1n) is 4.76. The summed E-state index contributed by atoms with van der Waals surface area (Å²) in [5, 5.41) is 2.76. The average molecular weight is 266 g/mol. The molecule has 0 aliphatic carbocycles.